The Morgan fingerprint density at radius 2 is 2.08 bits per heavy atom. The number of aryl methyl sites for hydroxylation is 2. The van der Waals surface area contributed by atoms with E-state index >= 15 is 0 Å². The Morgan fingerprint density at radius 1 is 1.25 bits per heavy atom. The lowest BCUT2D eigenvalue weighted by molar-refractivity contribution is 0.594. The van der Waals surface area contributed by atoms with Crippen LogP contribution in [0.15, 0.2) is 40.6 Å². The van der Waals surface area contributed by atoms with Crippen molar-refractivity contribution in [1.82, 2.24) is 4.98 Å². The number of benzene rings is 1. The predicted octanol–water partition coefficient (Wildman–Crippen LogP) is 3.92. The van der Waals surface area contributed by atoms with Crippen LogP contribution >= 0.6 is 11.3 Å². The second-order valence-corrected chi connectivity index (χ2v) is 9.28. The Bertz CT molecular complexity index is 1040. The van der Waals surface area contributed by atoms with Crippen molar-refractivity contribution in [1.29, 1.82) is 0 Å². The molecule has 124 valence electrons. The van der Waals surface area contributed by atoms with Crippen molar-refractivity contribution in [2.45, 2.75) is 30.9 Å². The van der Waals surface area contributed by atoms with E-state index in [2.05, 4.69) is 6.07 Å². The Balaban J connectivity index is 1.84. The zero-order valence-electron chi connectivity index (χ0n) is 13.6. The van der Waals surface area contributed by atoms with Crippen molar-refractivity contribution in [3.63, 3.8) is 0 Å². The maximum absolute atomic E-state index is 13.0. The maximum Gasteiger partial charge on any atom is 0.275 e. The number of hydrogen-bond donors (Lipinski definition) is 0. The fourth-order valence-corrected chi connectivity index (χ4v) is 6.00. The topological polar surface area (TPSA) is 50.3 Å². The number of thiophene rings is 1. The van der Waals surface area contributed by atoms with Crippen LogP contribution in [0.1, 0.15) is 22.9 Å². The molecule has 4 rings (SSSR count). The monoisotopic (exact) mass is 358 g/mol. The zero-order valence-corrected chi connectivity index (χ0v) is 15.2. The molecule has 0 bridgehead atoms. The van der Waals surface area contributed by atoms with Crippen LogP contribution in [0.4, 0.5) is 5.82 Å². The van der Waals surface area contributed by atoms with Crippen molar-refractivity contribution >= 4 is 38.1 Å². The number of pyridine rings is 1. The fourth-order valence-electron chi connectivity index (χ4n) is 3.14. The normalized spacial score (nSPS) is 14.3. The van der Waals surface area contributed by atoms with E-state index in [1.165, 1.54) is 15.6 Å². The van der Waals surface area contributed by atoms with E-state index in [4.69, 9.17) is 4.98 Å². The average molecular weight is 358 g/mol. The molecule has 6 heteroatoms. The molecule has 1 aliphatic heterocycles. The molecule has 2 aromatic heterocycles. The summed E-state index contributed by atoms with van der Waals surface area (Å²) in [4.78, 5) is 5.79. The highest BCUT2D eigenvalue weighted by Crippen LogP contribution is 2.35. The second-order valence-electron chi connectivity index (χ2n) is 6.02. The molecule has 0 amide bonds. The average Bonchev–Trinajstić information content (AvgIpc) is 3.20. The first kappa shape index (κ1) is 15.6. The molecular formula is C18H18N2O2S2. The largest absolute Gasteiger partial charge is 0.275 e. The molecule has 3 heterocycles. The van der Waals surface area contributed by atoms with Gasteiger partial charge in [0.2, 0.25) is 0 Å². The minimum absolute atomic E-state index is 0.402. The summed E-state index contributed by atoms with van der Waals surface area (Å²) in [6, 6.07) is 11.7. The first-order valence-electron chi connectivity index (χ1n) is 8.01. The molecule has 24 heavy (non-hydrogen) atoms. The van der Waals surface area contributed by atoms with Gasteiger partial charge in [-0.1, -0.05) is 25.1 Å². The van der Waals surface area contributed by atoms with Crippen LogP contribution in [-0.2, 0) is 22.9 Å². The van der Waals surface area contributed by atoms with Crippen LogP contribution in [0.3, 0.4) is 0 Å². The summed E-state index contributed by atoms with van der Waals surface area (Å²) in [5.74, 6) is 0.586. The highest BCUT2D eigenvalue weighted by atomic mass is 32.2. The number of anilines is 1. The SMILES string of the molecule is CCc1ccc(S(=O)(=O)N2CCc3cc4cccc(C)c4nc32)s1. The van der Waals surface area contributed by atoms with E-state index in [9.17, 15) is 8.42 Å². The van der Waals surface area contributed by atoms with Gasteiger partial charge in [-0.15, -0.1) is 11.3 Å². The molecule has 0 aliphatic carbocycles. The van der Waals surface area contributed by atoms with Crippen molar-refractivity contribution in [2.24, 2.45) is 0 Å². The van der Waals surface area contributed by atoms with Gasteiger partial charge in [0.1, 0.15) is 10.0 Å². The molecule has 4 nitrogen and oxygen atoms in total. The van der Waals surface area contributed by atoms with Crippen molar-refractivity contribution in [3.8, 4) is 0 Å². The lowest BCUT2D eigenvalue weighted by atomic mass is 10.1. The van der Waals surface area contributed by atoms with Gasteiger partial charge in [0.05, 0.1) is 5.52 Å². The standard InChI is InChI=1S/C18H18N2O2S2/c1-3-15-7-8-16(23-15)24(21,22)20-10-9-14-11-13-6-4-5-12(2)17(13)19-18(14)20/h4-8,11H,3,9-10H2,1-2H3. The lowest BCUT2D eigenvalue weighted by Gasteiger charge is -2.18. The van der Waals surface area contributed by atoms with E-state index in [1.54, 1.807) is 6.07 Å². The molecule has 0 saturated heterocycles. The molecule has 0 atom stereocenters. The molecule has 0 spiro atoms. The van der Waals surface area contributed by atoms with Gasteiger partial charge in [-0.3, -0.25) is 0 Å². The van der Waals surface area contributed by atoms with Gasteiger partial charge >= 0.3 is 0 Å². The first-order chi connectivity index (χ1) is 11.5. The van der Waals surface area contributed by atoms with Crippen LogP contribution < -0.4 is 4.31 Å². The van der Waals surface area contributed by atoms with Crippen LogP contribution in [0.25, 0.3) is 10.9 Å². The van der Waals surface area contributed by atoms with Gasteiger partial charge in [-0.05, 0) is 49.1 Å². The van der Waals surface area contributed by atoms with E-state index in [0.29, 0.717) is 23.0 Å². The Hall–Kier alpha value is -1.92. The molecule has 0 saturated carbocycles. The van der Waals surface area contributed by atoms with Gasteiger partial charge in [0, 0.05) is 16.8 Å². The third-order valence-corrected chi connectivity index (χ3v) is 7.94. The fraction of sp³-hybridized carbons (Fsp3) is 0.278. The molecule has 0 N–H and O–H groups in total. The molecule has 1 aliphatic rings. The van der Waals surface area contributed by atoms with Gasteiger partial charge in [-0.2, -0.15) is 0 Å². The third-order valence-electron chi connectivity index (χ3n) is 4.45. The molecule has 0 unspecified atom stereocenters. The Labute approximate surface area is 145 Å². The minimum Gasteiger partial charge on any atom is -0.249 e. The number of nitrogens with zero attached hydrogens (tertiary/aromatic N) is 2. The molecule has 3 aromatic rings. The number of fused-ring (bicyclic) bond motifs is 2. The summed E-state index contributed by atoms with van der Waals surface area (Å²) in [6.07, 6.45) is 1.55. The molecule has 0 radical (unpaired) electrons. The van der Waals surface area contributed by atoms with Gasteiger partial charge in [-0.25, -0.2) is 17.7 Å². The number of aromatic nitrogens is 1. The minimum atomic E-state index is -3.53. The van der Waals surface area contributed by atoms with Gasteiger partial charge < -0.3 is 0 Å². The zero-order chi connectivity index (χ0) is 16.9. The highest BCUT2D eigenvalue weighted by molar-refractivity contribution is 7.94. The van der Waals surface area contributed by atoms with Crippen LogP contribution in [0.5, 0.6) is 0 Å². The van der Waals surface area contributed by atoms with Crippen molar-refractivity contribution in [2.75, 3.05) is 10.8 Å². The number of para-hydroxylation sites is 1. The maximum atomic E-state index is 13.0. The quantitative estimate of drug-likeness (QED) is 0.713. The Kier molecular flexibility index (Phi) is 3.62. The molecule has 0 fully saturated rings. The van der Waals surface area contributed by atoms with Crippen molar-refractivity contribution < 1.29 is 8.42 Å². The van der Waals surface area contributed by atoms with E-state index in [-0.39, 0.29) is 0 Å². The summed E-state index contributed by atoms with van der Waals surface area (Å²) in [7, 11) is -3.53. The molecule has 1 aromatic carbocycles. The number of rotatable bonds is 3. The van der Waals surface area contributed by atoms with Crippen LogP contribution in [-0.4, -0.2) is 19.9 Å². The smallest absolute Gasteiger partial charge is 0.249 e. The highest BCUT2D eigenvalue weighted by Gasteiger charge is 2.33. The Morgan fingerprint density at radius 3 is 2.83 bits per heavy atom. The number of sulfonamides is 1. The van der Waals surface area contributed by atoms with E-state index in [1.807, 2.05) is 38.1 Å². The van der Waals surface area contributed by atoms with Crippen LogP contribution in [0, 0.1) is 6.92 Å². The van der Waals surface area contributed by atoms with E-state index < -0.39 is 10.0 Å². The summed E-state index contributed by atoms with van der Waals surface area (Å²) in [5.41, 5.74) is 2.94. The lowest BCUT2D eigenvalue weighted by Crippen LogP contribution is -2.29. The first-order valence-corrected chi connectivity index (χ1v) is 10.3. The van der Waals surface area contributed by atoms with Crippen LogP contribution in [0.2, 0.25) is 0 Å². The number of hydrogen-bond acceptors (Lipinski definition) is 4. The second kappa shape index (κ2) is 5.57. The predicted molar refractivity (Wildman–Crippen MR) is 98.4 cm³/mol. The third kappa shape index (κ3) is 2.32. The molecular weight excluding hydrogens is 340 g/mol. The van der Waals surface area contributed by atoms with Crippen molar-refractivity contribution in [3.05, 3.63) is 52.4 Å². The van der Waals surface area contributed by atoms with E-state index in [0.717, 1.165) is 33.3 Å². The van der Waals surface area contributed by atoms with Gasteiger partial charge in [0.15, 0.2) is 0 Å². The summed E-state index contributed by atoms with van der Waals surface area (Å²) < 4.78 is 28.0. The summed E-state index contributed by atoms with van der Waals surface area (Å²) >= 11 is 1.35. The summed E-state index contributed by atoms with van der Waals surface area (Å²) in [5, 5.41) is 1.07. The summed E-state index contributed by atoms with van der Waals surface area (Å²) in [6.45, 7) is 4.49. The van der Waals surface area contributed by atoms with Gasteiger partial charge in [0.25, 0.3) is 10.0 Å².